The summed E-state index contributed by atoms with van der Waals surface area (Å²) in [6, 6.07) is 14.5. The van der Waals surface area contributed by atoms with Gasteiger partial charge in [0.15, 0.2) is 0 Å². The molecule has 5 heteroatoms. The smallest absolute Gasteiger partial charge is 0.227 e. The van der Waals surface area contributed by atoms with E-state index in [-0.39, 0.29) is 11.8 Å². The van der Waals surface area contributed by atoms with E-state index in [0.29, 0.717) is 13.0 Å². The van der Waals surface area contributed by atoms with E-state index in [0.717, 1.165) is 36.5 Å². The highest BCUT2D eigenvalue weighted by Gasteiger charge is 2.35. The number of nitrogens with zero attached hydrogens (tertiary/aromatic N) is 4. The molecule has 1 atom stereocenters. The Kier molecular flexibility index (Phi) is 5.41. The van der Waals surface area contributed by atoms with E-state index in [1.165, 1.54) is 16.6 Å². The number of amides is 1. The van der Waals surface area contributed by atoms with Crippen molar-refractivity contribution in [3.63, 3.8) is 0 Å². The third kappa shape index (κ3) is 3.79. The van der Waals surface area contributed by atoms with Crippen LogP contribution in [0.3, 0.4) is 0 Å². The van der Waals surface area contributed by atoms with Crippen molar-refractivity contribution < 1.29 is 4.79 Å². The van der Waals surface area contributed by atoms with Crippen LogP contribution in [0.15, 0.2) is 42.5 Å². The molecule has 1 saturated heterocycles. The molecule has 5 nitrogen and oxygen atoms in total. The number of hydrogen-bond donors (Lipinski definition) is 0. The topological polar surface area (TPSA) is 41.4 Å². The van der Waals surface area contributed by atoms with E-state index in [1.807, 2.05) is 17.0 Å². The van der Waals surface area contributed by atoms with Crippen LogP contribution < -0.4 is 4.90 Å². The molecule has 2 aromatic carbocycles. The normalized spacial score (nSPS) is 17.1. The number of carbonyl (C=O) groups excluding carboxylic acids is 1. The second kappa shape index (κ2) is 7.99. The first-order valence-corrected chi connectivity index (χ1v) is 10.4. The van der Waals surface area contributed by atoms with Gasteiger partial charge in [-0.3, -0.25) is 4.79 Å². The number of para-hydroxylation sites is 2. The summed E-state index contributed by atoms with van der Waals surface area (Å²) in [6.45, 7) is 6.84. The lowest BCUT2D eigenvalue weighted by atomic mass is 10.1. The molecule has 0 unspecified atom stereocenters. The Hall–Kier alpha value is -2.66. The van der Waals surface area contributed by atoms with E-state index in [4.69, 9.17) is 4.98 Å². The van der Waals surface area contributed by atoms with E-state index in [9.17, 15) is 4.79 Å². The number of anilines is 1. The van der Waals surface area contributed by atoms with Gasteiger partial charge in [-0.25, -0.2) is 4.98 Å². The average Bonchev–Trinajstić information content (AvgIpc) is 3.25. The lowest BCUT2D eigenvalue weighted by molar-refractivity contribution is -0.117. The maximum absolute atomic E-state index is 12.9. The predicted molar refractivity (Wildman–Crippen MR) is 119 cm³/mol. The summed E-state index contributed by atoms with van der Waals surface area (Å²) in [6.07, 6.45) is 1.58. The lowest BCUT2D eigenvalue weighted by Gasteiger charge is -2.20. The molecule has 1 fully saturated rings. The van der Waals surface area contributed by atoms with Crippen LogP contribution in [-0.4, -0.2) is 47.5 Å². The fourth-order valence-corrected chi connectivity index (χ4v) is 4.33. The van der Waals surface area contributed by atoms with Gasteiger partial charge >= 0.3 is 0 Å². The Bertz CT molecular complexity index is 1040. The molecule has 3 aromatic rings. The summed E-state index contributed by atoms with van der Waals surface area (Å²) in [7, 11) is 4.20. The predicted octanol–water partition coefficient (Wildman–Crippen LogP) is 4.13. The molecule has 1 aliphatic rings. The molecule has 0 N–H and O–H groups in total. The summed E-state index contributed by atoms with van der Waals surface area (Å²) < 4.78 is 2.34. The summed E-state index contributed by atoms with van der Waals surface area (Å²) in [4.78, 5) is 22.1. The minimum absolute atomic E-state index is 0.120. The second-order valence-corrected chi connectivity index (χ2v) is 8.39. The number of imidazole rings is 1. The Morgan fingerprint density at radius 2 is 1.90 bits per heavy atom. The van der Waals surface area contributed by atoms with Crippen molar-refractivity contribution in [2.45, 2.75) is 39.2 Å². The highest BCUT2D eigenvalue weighted by atomic mass is 16.2. The molecule has 0 spiro atoms. The van der Waals surface area contributed by atoms with Crippen LogP contribution in [0, 0.1) is 13.8 Å². The Morgan fingerprint density at radius 1 is 1.10 bits per heavy atom. The minimum Gasteiger partial charge on any atom is -0.328 e. The quantitative estimate of drug-likeness (QED) is 0.636. The molecule has 4 rings (SSSR count). The first-order chi connectivity index (χ1) is 14.0. The second-order valence-electron chi connectivity index (χ2n) is 8.39. The van der Waals surface area contributed by atoms with Crippen LogP contribution in [0.25, 0.3) is 11.0 Å². The van der Waals surface area contributed by atoms with Crippen LogP contribution >= 0.6 is 0 Å². The summed E-state index contributed by atoms with van der Waals surface area (Å²) >= 11 is 0. The highest BCUT2D eigenvalue weighted by molar-refractivity contribution is 5.97. The minimum atomic E-state index is 0.120. The SMILES string of the molecule is Cc1cccc(N2C[C@H](c3nc4ccccc4n3CCCN(C)C)CC2=O)c1C. The Balaban J connectivity index is 1.66. The monoisotopic (exact) mass is 390 g/mol. The van der Waals surface area contributed by atoms with Crippen LogP contribution in [0.2, 0.25) is 0 Å². The van der Waals surface area contributed by atoms with Gasteiger partial charge in [-0.1, -0.05) is 24.3 Å². The zero-order valence-corrected chi connectivity index (χ0v) is 17.9. The number of rotatable bonds is 6. The fourth-order valence-electron chi connectivity index (χ4n) is 4.33. The number of fused-ring (bicyclic) bond motifs is 1. The van der Waals surface area contributed by atoms with Crippen molar-refractivity contribution in [1.29, 1.82) is 0 Å². The van der Waals surface area contributed by atoms with Crippen LogP contribution in [-0.2, 0) is 11.3 Å². The molecule has 0 bridgehead atoms. The van der Waals surface area contributed by atoms with Crippen molar-refractivity contribution >= 4 is 22.6 Å². The van der Waals surface area contributed by atoms with Gasteiger partial charge in [0, 0.05) is 31.1 Å². The maximum atomic E-state index is 12.9. The van der Waals surface area contributed by atoms with Gasteiger partial charge in [-0.15, -0.1) is 0 Å². The summed E-state index contributed by atoms with van der Waals surface area (Å²) in [5.74, 6) is 1.36. The molecule has 1 amide bonds. The zero-order chi connectivity index (χ0) is 20.5. The number of aryl methyl sites for hydroxylation is 2. The fraction of sp³-hybridized carbons (Fsp3) is 0.417. The zero-order valence-electron chi connectivity index (χ0n) is 17.9. The molecule has 152 valence electrons. The average molecular weight is 391 g/mol. The van der Waals surface area contributed by atoms with Gasteiger partial charge in [-0.2, -0.15) is 0 Å². The van der Waals surface area contributed by atoms with Gasteiger partial charge in [0.2, 0.25) is 5.91 Å². The first-order valence-electron chi connectivity index (χ1n) is 10.4. The van der Waals surface area contributed by atoms with E-state index < -0.39 is 0 Å². The molecule has 0 aliphatic carbocycles. The van der Waals surface area contributed by atoms with Crippen molar-refractivity contribution in [1.82, 2.24) is 14.5 Å². The van der Waals surface area contributed by atoms with E-state index >= 15 is 0 Å². The molecule has 2 heterocycles. The number of aromatic nitrogens is 2. The summed E-state index contributed by atoms with van der Waals surface area (Å²) in [5.41, 5.74) is 5.62. The van der Waals surface area contributed by atoms with Crippen LogP contribution in [0.1, 0.15) is 35.7 Å². The molecule has 1 aliphatic heterocycles. The largest absolute Gasteiger partial charge is 0.328 e. The molecule has 29 heavy (non-hydrogen) atoms. The number of carbonyl (C=O) groups is 1. The van der Waals surface area contributed by atoms with Crippen molar-refractivity contribution in [2.24, 2.45) is 0 Å². The standard InChI is InChI=1S/C24H30N4O/c1-17-9-7-12-21(18(17)2)28-16-19(15-23(28)29)24-25-20-10-5-6-11-22(20)27(24)14-8-13-26(3)4/h5-7,9-12,19H,8,13-16H2,1-4H3/t19-/m1/s1. The summed E-state index contributed by atoms with van der Waals surface area (Å²) in [5, 5.41) is 0. The first kappa shape index (κ1) is 19.6. The van der Waals surface area contributed by atoms with Crippen molar-refractivity contribution in [2.75, 3.05) is 32.1 Å². The third-order valence-corrected chi connectivity index (χ3v) is 6.03. The van der Waals surface area contributed by atoms with E-state index in [2.05, 4.69) is 67.7 Å². The molecule has 0 radical (unpaired) electrons. The van der Waals surface area contributed by atoms with Crippen molar-refractivity contribution in [3.8, 4) is 0 Å². The number of hydrogen-bond acceptors (Lipinski definition) is 3. The lowest BCUT2D eigenvalue weighted by Crippen LogP contribution is -2.25. The molecule has 1 aromatic heterocycles. The maximum Gasteiger partial charge on any atom is 0.227 e. The van der Waals surface area contributed by atoms with Crippen LogP contribution in [0.5, 0.6) is 0 Å². The van der Waals surface area contributed by atoms with Crippen LogP contribution in [0.4, 0.5) is 5.69 Å². The van der Waals surface area contributed by atoms with E-state index in [1.54, 1.807) is 0 Å². The molecule has 0 saturated carbocycles. The molecular formula is C24H30N4O. The van der Waals surface area contributed by atoms with Gasteiger partial charge < -0.3 is 14.4 Å². The van der Waals surface area contributed by atoms with Gasteiger partial charge in [0.05, 0.1) is 11.0 Å². The Labute approximate surface area is 172 Å². The highest BCUT2D eigenvalue weighted by Crippen LogP contribution is 2.35. The third-order valence-electron chi connectivity index (χ3n) is 6.03. The Morgan fingerprint density at radius 3 is 2.69 bits per heavy atom. The van der Waals surface area contributed by atoms with Gasteiger partial charge in [0.25, 0.3) is 0 Å². The molecular weight excluding hydrogens is 360 g/mol. The number of benzene rings is 2. The van der Waals surface area contributed by atoms with Crippen molar-refractivity contribution in [3.05, 3.63) is 59.4 Å². The van der Waals surface area contributed by atoms with Gasteiger partial charge in [-0.05, 0) is 70.2 Å². The van der Waals surface area contributed by atoms with Gasteiger partial charge in [0.1, 0.15) is 5.82 Å².